The van der Waals surface area contributed by atoms with Crippen LogP contribution >= 0.6 is 0 Å². The predicted octanol–water partition coefficient (Wildman–Crippen LogP) is -7.19. The minimum atomic E-state index is 0. The van der Waals surface area contributed by atoms with E-state index < -0.39 is 0 Å². The molecule has 5 heteroatoms. The van der Waals surface area contributed by atoms with Crippen molar-refractivity contribution >= 4 is 0 Å². The van der Waals surface area contributed by atoms with E-state index in [4.69, 9.17) is 3.32 Å². The summed E-state index contributed by atoms with van der Waals surface area (Å²) in [5.74, 6) is 0. The van der Waals surface area contributed by atoms with Gasteiger partial charge in [-0.3, -0.25) is 0 Å². The zero-order chi connectivity index (χ0) is 5.82. The molecule has 66 valence electrons. The van der Waals surface area contributed by atoms with Crippen molar-refractivity contribution in [2.24, 2.45) is 0 Å². The molecule has 0 aromatic heterocycles. The summed E-state index contributed by atoms with van der Waals surface area (Å²) in [6.07, 6.45) is 7.33. The number of rotatable bonds is 1. The van der Waals surface area contributed by atoms with Gasteiger partial charge < -0.3 is 37.2 Å². The Morgan fingerprint density at radius 2 is 1.36 bits per heavy atom. The summed E-state index contributed by atoms with van der Waals surface area (Å²) in [5.41, 5.74) is 0. The van der Waals surface area contributed by atoms with Crippen LogP contribution in [0.4, 0.5) is 0 Å². The van der Waals surface area contributed by atoms with Crippen molar-refractivity contribution in [1.82, 2.24) is 0 Å². The Bertz CT molecular complexity index is 68.8. The van der Waals surface area contributed by atoms with Gasteiger partial charge in [-0.25, -0.2) is 0 Å². The Morgan fingerprint density at radius 3 is 1.64 bits per heavy atom. The van der Waals surface area contributed by atoms with Crippen LogP contribution in [-0.4, -0.2) is 6.10 Å². The van der Waals surface area contributed by atoms with Gasteiger partial charge in [0.1, 0.15) is 0 Å². The molecule has 1 rings (SSSR count). The molecule has 0 heterocycles. The SMILES string of the molecule is [Cl-].[Cl-].[Cl-].[Ti+3][O]C1CCCCC1. The Labute approximate surface area is 99.1 Å². The molecule has 1 aliphatic carbocycles. The first-order valence-corrected chi connectivity index (χ1v) is 3.89. The Hall–Kier alpha value is 1.54. The normalized spacial score (nSPS) is 17.3. The molecule has 0 saturated heterocycles. The maximum atomic E-state index is 5.19. The van der Waals surface area contributed by atoms with Gasteiger partial charge in [0.15, 0.2) is 0 Å². The summed E-state index contributed by atoms with van der Waals surface area (Å²) in [5, 5.41) is 0. The Kier molecular flexibility index (Phi) is 19.3. The van der Waals surface area contributed by atoms with Crippen LogP contribution in [0.5, 0.6) is 0 Å². The van der Waals surface area contributed by atoms with Gasteiger partial charge in [0.2, 0.25) is 0 Å². The van der Waals surface area contributed by atoms with Crippen LogP contribution in [0.25, 0.3) is 0 Å². The van der Waals surface area contributed by atoms with E-state index in [1.165, 1.54) is 32.1 Å². The minimum absolute atomic E-state index is 0. The van der Waals surface area contributed by atoms with Crippen LogP contribution in [0.3, 0.4) is 0 Å². The summed E-state index contributed by atoms with van der Waals surface area (Å²) < 4.78 is 5.19. The Morgan fingerprint density at radius 1 is 0.909 bits per heavy atom. The van der Waals surface area contributed by atoms with E-state index in [0.29, 0.717) is 6.10 Å². The van der Waals surface area contributed by atoms with Crippen LogP contribution < -0.4 is 37.2 Å². The maximum absolute atomic E-state index is 5.19. The van der Waals surface area contributed by atoms with Gasteiger partial charge in [0, 0.05) is 0 Å². The third kappa shape index (κ3) is 7.89. The summed E-state index contributed by atoms with van der Waals surface area (Å²) in [4.78, 5) is 0. The van der Waals surface area contributed by atoms with Crippen LogP contribution in [0.15, 0.2) is 0 Å². The van der Waals surface area contributed by atoms with Crippen molar-refractivity contribution in [2.75, 3.05) is 0 Å². The van der Waals surface area contributed by atoms with Gasteiger partial charge >= 0.3 is 62.4 Å². The summed E-state index contributed by atoms with van der Waals surface area (Å²) in [6, 6.07) is 0. The third-order valence-electron chi connectivity index (χ3n) is 1.72. The summed E-state index contributed by atoms with van der Waals surface area (Å²) >= 11 is 1.82. The second kappa shape index (κ2) is 11.5. The van der Waals surface area contributed by atoms with Gasteiger partial charge in [0.05, 0.1) is 0 Å². The van der Waals surface area contributed by atoms with Crippen LogP contribution in [0, 0.1) is 0 Å². The first-order chi connectivity index (χ1) is 3.93. The van der Waals surface area contributed by atoms with Crippen molar-refractivity contribution in [3.63, 3.8) is 0 Å². The average Bonchev–Trinajstić information content (AvgIpc) is 1.90. The molecule has 0 amide bonds. The molecule has 0 unspecified atom stereocenters. The standard InChI is InChI=1S/C6H11O.3ClH.Ti/c7-6-4-2-1-3-5-6;;;;/h6H,1-5H2;3*1H;/q-1;;;;+4/p-3. The van der Waals surface area contributed by atoms with E-state index in [1.54, 1.807) is 0 Å². The molecule has 0 bridgehead atoms. The molecule has 1 nitrogen and oxygen atoms in total. The molecule has 0 atom stereocenters. The van der Waals surface area contributed by atoms with E-state index in [2.05, 4.69) is 0 Å². The van der Waals surface area contributed by atoms with Crippen LogP contribution in [0.1, 0.15) is 32.1 Å². The molecule has 1 saturated carbocycles. The first-order valence-electron chi connectivity index (χ1n) is 3.26. The molecule has 0 aromatic carbocycles. The summed E-state index contributed by atoms with van der Waals surface area (Å²) in [6.45, 7) is 0. The fourth-order valence-corrected chi connectivity index (χ4v) is 1.55. The van der Waals surface area contributed by atoms with E-state index >= 15 is 0 Å². The molecular weight excluding hydrogens is 242 g/mol. The quantitative estimate of drug-likeness (QED) is 0.422. The second-order valence-corrected chi connectivity index (χ2v) is 2.75. The molecule has 0 aliphatic heterocycles. The van der Waals surface area contributed by atoms with E-state index in [1.807, 2.05) is 20.8 Å². The molecule has 0 aromatic rings. The zero-order valence-corrected chi connectivity index (χ0v) is 9.98. The van der Waals surface area contributed by atoms with Gasteiger partial charge in [0.25, 0.3) is 0 Å². The topological polar surface area (TPSA) is 9.23 Å². The van der Waals surface area contributed by atoms with Crippen molar-refractivity contribution in [3.05, 3.63) is 0 Å². The van der Waals surface area contributed by atoms with Gasteiger partial charge in [-0.1, -0.05) is 0 Å². The monoisotopic (exact) mass is 252 g/mol. The fourth-order valence-electron chi connectivity index (χ4n) is 1.18. The molecule has 0 spiro atoms. The molecule has 11 heavy (non-hydrogen) atoms. The molecule has 0 N–H and O–H groups in total. The first kappa shape index (κ1) is 18.4. The Balaban J connectivity index is -0.000000213. The van der Waals surface area contributed by atoms with Crippen molar-refractivity contribution in [2.45, 2.75) is 38.2 Å². The molecule has 0 radical (unpaired) electrons. The van der Waals surface area contributed by atoms with Gasteiger partial charge in [-0.2, -0.15) is 0 Å². The average molecular weight is 253 g/mol. The predicted molar refractivity (Wildman–Crippen MR) is 28.0 cm³/mol. The summed E-state index contributed by atoms with van der Waals surface area (Å²) in [7, 11) is 0. The molecule has 1 aliphatic rings. The molecule has 1 fully saturated rings. The van der Waals surface area contributed by atoms with E-state index in [0.717, 1.165) is 0 Å². The number of halogens is 3. The van der Waals surface area contributed by atoms with Crippen LogP contribution in [0.2, 0.25) is 0 Å². The third-order valence-corrected chi connectivity index (χ3v) is 2.24. The van der Waals surface area contributed by atoms with Crippen molar-refractivity contribution in [1.29, 1.82) is 0 Å². The zero-order valence-electron chi connectivity index (χ0n) is 6.16. The van der Waals surface area contributed by atoms with Gasteiger partial charge in [-0.15, -0.1) is 0 Å². The number of hydrogen-bond acceptors (Lipinski definition) is 1. The number of hydrogen-bond donors (Lipinski definition) is 0. The van der Waals surface area contributed by atoms with Gasteiger partial charge in [-0.05, 0) is 0 Å². The molecular formula is C6H11Cl3OTi. The fraction of sp³-hybridized carbons (Fsp3) is 1.00. The van der Waals surface area contributed by atoms with Crippen molar-refractivity contribution < 1.29 is 61.4 Å². The van der Waals surface area contributed by atoms with Crippen molar-refractivity contribution in [3.8, 4) is 0 Å². The van der Waals surface area contributed by atoms with E-state index in [-0.39, 0.29) is 37.2 Å². The van der Waals surface area contributed by atoms with E-state index in [9.17, 15) is 0 Å². The van der Waals surface area contributed by atoms with Crippen LogP contribution in [-0.2, 0) is 24.1 Å². The second-order valence-electron chi connectivity index (χ2n) is 2.38.